The van der Waals surface area contributed by atoms with E-state index in [1.165, 1.54) is 12.0 Å². The Morgan fingerprint density at radius 3 is 3.00 bits per heavy atom. The van der Waals surface area contributed by atoms with Crippen molar-refractivity contribution < 1.29 is 9.53 Å². The molecule has 2 N–H and O–H groups in total. The van der Waals surface area contributed by atoms with Crippen LogP contribution in [0.1, 0.15) is 0 Å². The van der Waals surface area contributed by atoms with E-state index in [0.717, 1.165) is 0 Å². The zero-order valence-electron chi connectivity index (χ0n) is 8.01. The Bertz CT molecular complexity index is 289. The number of carbonyl (C=O) groups is 1. The van der Waals surface area contributed by atoms with Gasteiger partial charge in [0.05, 0.1) is 19.0 Å². The van der Waals surface area contributed by atoms with Crippen molar-refractivity contribution in [1.29, 1.82) is 0 Å². The highest BCUT2D eigenvalue weighted by molar-refractivity contribution is 5.87. The Kier molecular flexibility index (Phi) is 3.87. The standard InChI is InChI=1S/C9H13N3O2/c1-14-9(13)12(6-4-10)8-3-2-5-11-7-8/h2-3,5,7H,4,6,10H2,1H3. The Balaban J connectivity index is 2.83. The summed E-state index contributed by atoms with van der Waals surface area (Å²) in [5, 5.41) is 0. The molecule has 0 radical (unpaired) electrons. The van der Waals surface area contributed by atoms with E-state index < -0.39 is 6.09 Å². The fraction of sp³-hybridized carbons (Fsp3) is 0.333. The molecule has 14 heavy (non-hydrogen) atoms. The zero-order valence-corrected chi connectivity index (χ0v) is 8.01. The number of rotatable bonds is 3. The lowest BCUT2D eigenvalue weighted by molar-refractivity contribution is 0.179. The van der Waals surface area contributed by atoms with Crippen LogP contribution in [-0.4, -0.2) is 31.3 Å². The lowest BCUT2D eigenvalue weighted by Gasteiger charge is -2.19. The number of carbonyl (C=O) groups excluding carboxylic acids is 1. The summed E-state index contributed by atoms with van der Waals surface area (Å²) in [5.41, 5.74) is 6.07. The van der Waals surface area contributed by atoms with Gasteiger partial charge in [0.15, 0.2) is 0 Å². The molecule has 1 aromatic heterocycles. The molecule has 0 saturated heterocycles. The van der Waals surface area contributed by atoms with Gasteiger partial charge in [0.1, 0.15) is 0 Å². The van der Waals surface area contributed by atoms with Crippen molar-refractivity contribution in [3.05, 3.63) is 24.5 Å². The third-order valence-electron chi connectivity index (χ3n) is 1.71. The fourth-order valence-electron chi connectivity index (χ4n) is 1.08. The Labute approximate surface area is 82.5 Å². The van der Waals surface area contributed by atoms with E-state index >= 15 is 0 Å². The number of hydrogen-bond acceptors (Lipinski definition) is 4. The molecule has 0 aliphatic carbocycles. The van der Waals surface area contributed by atoms with Gasteiger partial charge >= 0.3 is 6.09 Å². The van der Waals surface area contributed by atoms with E-state index in [0.29, 0.717) is 18.8 Å². The Morgan fingerprint density at radius 2 is 2.50 bits per heavy atom. The first kappa shape index (κ1) is 10.5. The van der Waals surface area contributed by atoms with Crippen molar-refractivity contribution in [3.63, 3.8) is 0 Å². The Morgan fingerprint density at radius 1 is 1.71 bits per heavy atom. The van der Waals surface area contributed by atoms with Crippen LogP contribution in [0.25, 0.3) is 0 Å². The predicted molar refractivity (Wildman–Crippen MR) is 53.0 cm³/mol. The molecule has 1 amide bonds. The van der Waals surface area contributed by atoms with Crippen molar-refractivity contribution in [1.82, 2.24) is 4.98 Å². The van der Waals surface area contributed by atoms with Gasteiger partial charge in [-0.05, 0) is 12.1 Å². The summed E-state index contributed by atoms with van der Waals surface area (Å²) >= 11 is 0. The van der Waals surface area contributed by atoms with Gasteiger partial charge in [-0.2, -0.15) is 0 Å². The van der Waals surface area contributed by atoms with Crippen molar-refractivity contribution in [2.24, 2.45) is 5.73 Å². The van der Waals surface area contributed by atoms with Gasteiger partial charge < -0.3 is 10.5 Å². The van der Waals surface area contributed by atoms with E-state index in [4.69, 9.17) is 5.73 Å². The minimum Gasteiger partial charge on any atom is -0.452 e. The summed E-state index contributed by atoms with van der Waals surface area (Å²) < 4.78 is 4.62. The molecule has 76 valence electrons. The molecular weight excluding hydrogens is 182 g/mol. The average Bonchev–Trinajstić information content (AvgIpc) is 2.26. The second kappa shape index (κ2) is 5.18. The first-order valence-electron chi connectivity index (χ1n) is 4.25. The summed E-state index contributed by atoms with van der Waals surface area (Å²) in [6.45, 7) is 0.794. The molecule has 5 nitrogen and oxygen atoms in total. The summed E-state index contributed by atoms with van der Waals surface area (Å²) in [6, 6.07) is 3.53. The lowest BCUT2D eigenvalue weighted by atomic mass is 10.4. The molecule has 1 heterocycles. The average molecular weight is 195 g/mol. The molecule has 0 aliphatic rings. The summed E-state index contributed by atoms with van der Waals surface area (Å²) in [7, 11) is 1.34. The van der Waals surface area contributed by atoms with Gasteiger partial charge in [0, 0.05) is 19.3 Å². The molecule has 0 saturated carbocycles. The van der Waals surface area contributed by atoms with Crippen molar-refractivity contribution in [2.45, 2.75) is 0 Å². The number of aromatic nitrogens is 1. The highest BCUT2D eigenvalue weighted by atomic mass is 16.5. The maximum absolute atomic E-state index is 11.3. The van der Waals surface area contributed by atoms with Crippen LogP contribution in [0.3, 0.4) is 0 Å². The van der Waals surface area contributed by atoms with Gasteiger partial charge in [0.2, 0.25) is 0 Å². The molecule has 0 bridgehead atoms. The zero-order chi connectivity index (χ0) is 10.4. The topological polar surface area (TPSA) is 68.5 Å². The van der Waals surface area contributed by atoms with Crippen molar-refractivity contribution in [3.8, 4) is 0 Å². The van der Waals surface area contributed by atoms with Crippen LogP contribution in [0, 0.1) is 0 Å². The van der Waals surface area contributed by atoms with Crippen LogP contribution in [0.5, 0.6) is 0 Å². The first-order chi connectivity index (χ1) is 6.79. The first-order valence-corrected chi connectivity index (χ1v) is 4.25. The predicted octanol–water partition coefficient (Wildman–Crippen LogP) is 0.613. The van der Waals surface area contributed by atoms with Crippen molar-refractivity contribution in [2.75, 3.05) is 25.1 Å². The number of hydrogen-bond donors (Lipinski definition) is 1. The van der Waals surface area contributed by atoms with Gasteiger partial charge in [-0.15, -0.1) is 0 Å². The van der Waals surface area contributed by atoms with E-state index in [9.17, 15) is 4.79 Å². The lowest BCUT2D eigenvalue weighted by Crippen LogP contribution is -2.35. The van der Waals surface area contributed by atoms with E-state index in [1.807, 2.05) is 0 Å². The minimum absolute atomic E-state index is 0.379. The molecule has 0 unspecified atom stereocenters. The van der Waals surface area contributed by atoms with E-state index in [2.05, 4.69) is 9.72 Å². The molecule has 0 aliphatic heterocycles. The monoisotopic (exact) mass is 195 g/mol. The highest BCUT2D eigenvalue weighted by Gasteiger charge is 2.14. The van der Waals surface area contributed by atoms with Gasteiger partial charge in [-0.3, -0.25) is 9.88 Å². The number of nitrogens with two attached hydrogens (primary N) is 1. The van der Waals surface area contributed by atoms with E-state index in [-0.39, 0.29) is 0 Å². The number of ether oxygens (including phenoxy) is 1. The van der Waals surface area contributed by atoms with Crippen molar-refractivity contribution >= 4 is 11.8 Å². The molecule has 0 atom stereocenters. The molecule has 0 spiro atoms. The Hall–Kier alpha value is -1.62. The molecule has 0 fully saturated rings. The van der Waals surface area contributed by atoms with Gasteiger partial charge in [0.25, 0.3) is 0 Å². The number of methoxy groups -OCH3 is 1. The summed E-state index contributed by atoms with van der Waals surface area (Å²) in [5.74, 6) is 0. The number of anilines is 1. The SMILES string of the molecule is COC(=O)N(CCN)c1cccnc1. The third kappa shape index (κ3) is 2.43. The normalized spacial score (nSPS) is 9.57. The van der Waals surface area contributed by atoms with Crippen LogP contribution in [-0.2, 0) is 4.74 Å². The number of nitrogens with zero attached hydrogens (tertiary/aromatic N) is 2. The molecule has 1 aromatic rings. The maximum atomic E-state index is 11.3. The fourth-order valence-corrected chi connectivity index (χ4v) is 1.08. The summed E-state index contributed by atoms with van der Waals surface area (Å²) in [4.78, 5) is 16.7. The molecule has 1 rings (SSSR count). The third-order valence-corrected chi connectivity index (χ3v) is 1.71. The van der Waals surface area contributed by atoms with Crippen LogP contribution in [0.4, 0.5) is 10.5 Å². The molecular formula is C9H13N3O2. The van der Waals surface area contributed by atoms with Crippen LogP contribution in [0.2, 0.25) is 0 Å². The smallest absolute Gasteiger partial charge is 0.414 e. The van der Waals surface area contributed by atoms with E-state index in [1.54, 1.807) is 24.5 Å². The second-order valence-corrected chi connectivity index (χ2v) is 2.62. The molecule has 5 heteroatoms. The van der Waals surface area contributed by atoms with Crippen LogP contribution >= 0.6 is 0 Å². The minimum atomic E-state index is -0.427. The summed E-state index contributed by atoms with van der Waals surface area (Å²) in [6.07, 6.45) is 2.80. The van der Waals surface area contributed by atoms with Crippen LogP contribution < -0.4 is 10.6 Å². The maximum Gasteiger partial charge on any atom is 0.414 e. The second-order valence-electron chi connectivity index (χ2n) is 2.62. The van der Waals surface area contributed by atoms with Gasteiger partial charge in [-0.25, -0.2) is 4.79 Å². The van der Waals surface area contributed by atoms with Gasteiger partial charge in [-0.1, -0.05) is 0 Å². The quantitative estimate of drug-likeness (QED) is 0.767. The largest absolute Gasteiger partial charge is 0.452 e. The molecule has 0 aromatic carbocycles. The number of amides is 1. The number of pyridine rings is 1. The van der Waals surface area contributed by atoms with Crippen LogP contribution in [0.15, 0.2) is 24.5 Å². The highest BCUT2D eigenvalue weighted by Crippen LogP contribution is 2.11.